The Balaban J connectivity index is 2.13. The summed E-state index contributed by atoms with van der Waals surface area (Å²) in [6.45, 7) is 2.04. The summed E-state index contributed by atoms with van der Waals surface area (Å²) in [6, 6.07) is 11.7. The third-order valence-electron chi connectivity index (χ3n) is 3.00. The van der Waals surface area contributed by atoms with E-state index in [1.54, 1.807) is 30.3 Å². The van der Waals surface area contributed by atoms with Crippen molar-refractivity contribution in [1.29, 1.82) is 0 Å². The van der Waals surface area contributed by atoms with Gasteiger partial charge in [-0.25, -0.2) is 4.39 Å². The molecule has 0 spiro atoms. The molecule has 1 N–H and O–H groups in total. The lowest BCUT2D eigenvalue weighted by Crippen LogP contribution is -2.24. The van der Waals surface area contributed by atoms with Crippen LogP contribution in [-0.4, -0.2) is 13.0 Å². The molecule has 0 unspecified atom stereocenters. The molecule has 2 aromatic rings. The number of hydrogen-bond acceptors (Lipinski definition) is 2. The number of amides is 1. The molecular weight excluding hydrogens is 257 g/mol. The number of rotatable bonds is 4. The molecule has 3 nitrogen and oxygen atoms in total. The smallest absolute Gasteiger partial charge is 0.255 e. The number of methoxy groups -OCH3 is 1. The van der Waals surface area contributed by atoms with E-state index in [0.717, 1.165) is 5.56 Å². The van der Waals surface area contributed by atoms with Gasteiger partial charge in [0.2, 0.25) is 0 Å². The number of carbonyl (C=O) groups excluding carboxylic acids is 1. The predicted octanol–water partition coefficient (Wildman–Crippen LogP) is 3.07. The van der Waals surface area contributed by atoms with Crippen LogP contribution >= 0.6 is 0 Å². The summed E-state index contributed by atoms with van der Waals surface area (Å²) in [5, 5.41) is 2.70. The topological polar surface area (TPSA) is 38.3 Å². The van der Waals surface area contributed by atoms with Gasteiger partial charge in [-0.1, -0.05) is 29.8 Å². The first kappa shape index (κ1) is 14.1. The second-order valence-electron chi connectivity index (χ2n) is 4.48. The minimum atomic E-state index is -0.330. The van der Waals surface area contributed by atoms with Gasteiger partial charge in [-0.15, -0.1) is 0 Å². The van der Waals surface area contributed by atoms with Gasteiger partial charge in [0.25, 0.3) is 5.91 Å². The summed E-state index contributed by atoms with van der Waals surface area (Å²) in [6.07, 6.45) is 0. The van der Waals surface area contributed by atoms with Gasteiger partial charge in [0, 0.05) is 12.1 Å². The molecule has 0 aliphatic heterocycles. The fraction of sp³-hybridized carbons (Fsp3) is 0.188. The number of aryl methyl sites for hydroxylation is 1. The van der Waals surface area contributed by atoms with Crippen LogP contribution < -0.4 is 10.1 Å². The highest BCUT2D eigenvalue weighted by Gasteiger charge is 2.12. The molecule has 0 radical (unpaired) electrons. The maximum atomic E-state index is 13.5. The summed E-state index contributed by atoms with van der Waals surface area (Å²) in [5.74, 6) is -0.112. The highest BCUT2D eigenvalue weighted by molar-refractivity contribution is 5.97. The van der Waals surface area contributed by atoms with E-state index in [1.165, 1.54) is 13.2 Å². The van der Waals surface area contributed by atoms with Crippen molar-refractivity contribution in [3.05, 3.63) is 65.0 Å². The lowest BCUT2D eigenvalue weighted by Gasteiger charge is -2.10. The van der Waals surface area contributed by atoms with Crippen LogP contribution in [0.2, 0.25) is 0 Å². The van der Waals surface area contributed by atoms with E-state index in [9.17, 15) is 9.18 Å². The van der Waals surface area contributed by atoms with Gasteiger partial charge in [-0.2, -0.15) is 0 Å². The van der Waals surface area contributed by atoms with E-state index in [0.29, 0.717) is 16.9 Å². The zero-order chi connectivity index (χ0) is 14.5. The number of carbonyl (C=O) groups is 1. The largest absolute Gasteiger partial charge is 0.496 e. The molecular formula is C16H16FNO2. The minimum absolute atomic E-state index is 0.141. The zero-order valence-corrected chi connectivity index (χ0v) is 11.4. The molecule has 0 bridgehead atoms. The van der Waals surface area contributed by atoms with Gasteiger partial charge in [0.1, 0.15) is 11.6 Å². The molecule has 4 heteroatoms. The van der Waals surface area contributed by atoms with Gasteiger partial charge in [0.05, 0.1) is 12.7 Å². The van der Waals surface area contributed by atoms with E-state index in [2.05, 4.69) is 5.32 Å². The van der Waals surface area contributed by atoms with Crippen molar-refractivity contribution in [1.82, 2.24) is 5.32 Å². The van der Waals surface area contributed by atoms with Gasteiger partial charge < -0.3 is 10.1 Å². The van der Waals surface area contributed by atoms with Crippen molar-refractivity contribution < 1.29 is 13.9 Å². The predicted molar refractivity (Wildman–Crippen MR) is 75.3 cm³/mol. The minimum Gasteiger partial charge on any atom is -0.496 e. The molecule has 2 aromatic carbocycles. The lowest BCUT2D eigenvalue weighted by molar-refractivity contribution is 0.0947. The van der Waals surface area contributed by atoms with Gasteiger partial charge in [0.15, 0.2) is 0 Å². The molecule has 2 rings (SSSR count). The van der Waals surface area contributed by atoms with Crippen LogP contribution in [0.1, 0.15) is 21.5 Å². The number of halogens is 1. The first-order valence-electron chi connectivity index (χ1n) is 6.28. The molecule has 0 aromatic heterocycles. The molecule has 20 heavy (non-hydrogen) atoms. The van der Waals surface area contributed by atoms with Crippen molar-refractivity contribution in [2.24, 2.45) is 0 Å². The number of benzene rings is 2. The van der Waals surface area contributed by atoms with Gasteiger partial charge in [-0.05, 0) is 25.1 Å². The Kier molecular flexibility index (Phi) is 4.35. The summed E-state index contributed by atoms with van der Waals surface area (Å²) in [7, 11) is 1.51. The van der Waals surface area contributed by atoms with E-state index in [-0.39, 0.29) is 18.3 Å². The molecule has 0 saturated heterocycles. The average molecular weight is 273 g/mol. The lowest BCUT2D eigenvalue weighted by atomic mass is 10.1. The van der Waals surface area contributed by atoms with Crippen LogP contribution in [0.15, 0.2) is 42.5 Å². The Hall–Kier alpha value is -2.36. The third-order valence-corrected chi connectivity index (χ3v) is 3.00. The van der Waals surface area contributed by atoms with E-state index in [1.807, 2.05) is 13.0 Å². The van der Waals surface area contributed by atoms with Crippen molar-refractivity contribution in [3.8, 4) is 5.75 Å². The quantitative estimate of drug-likeness (QED) is 0.929. The Bertz CT molecular complexity index is 626. The van der Waals surface area contributed by atoms with Crippen molar-refractivity contribution in [3.63, 3.8) is 0 Å². The summed E-state index contributed by atoms with van der Waals surface area (Å²) in [5.41, 5.74) is 1.86. The SMILES string of the molecule is COc1ccc(C)cc1C(=O)NCc1ccccc1F. The monoisotopic (exact) mass is 273 g/mol. The number of nitrogens with one attached hydrogen (secondary N) is 1. The van der Waals surface area contributed by atoms with E-state index < -0.39 is 0 Å². The molecule has 104 valence electrons. The number of ether oxygens (including phenoxy) is 1. The Morgan fingerprint density at radius 3 is 2.70 bits per heavy atom. The molecule has 0 heterocycles. The van der Waals surface area contributed by atoms with Crippen LogP contribution in [0.4, 0.5) is 4.39 Å². The number of hydrogen-bond donors (Lipinski definition) is 1. The van der Waals surface area contributed by atoms with Crippen molar-refractivity contribution in [2.75, 3.05) is 7.11 Å². The average Bonchev–Trinajstić information content (AvgIpc) is 2.46. The normalized spacial score (nSPS) is 10.2. The standard InChI is InChI=1S/C16H16FNO2/c1-11-7-8-15(20-2)13(9-11)16(19)18-10-12-5-3-4-6-14(12)17/h3-9H,10H2,1-2H3,(H,18,19). The van der Waals surface area contributed by atoms with E-state index >= 15 is 0 Å². The summed E-state index contributed by atoms with van der Waals surface area (Å²) in [4.78, 5) is 12.1. The third kappa shape index (κ3) is 3.15. The van der Waals surface area contributed by atoms with Crippen LogP contribution in [0, 0.1) is 12.7 Å². The zero-order valence-electron chi connectivity index (χ0n) is 11.4. The second kappa shape index (κ2) is 6.19. The van der Waals surface area contributed by atoms with Crippen molar-refractivity contribution in [2.45, 2.75) is 13.5 Å². The molecule has 0 atom stereocenters. The van der Waals surface area contributed by atoms with Crippen LogP contribution in [-0.2, 0) is 6.54 Å². The Morgan fingerprint density at radius 1 is 1.25 bits per heavy atom. The van der Waals surface area contributed by atoms with E-state index in [4.69, 9.17) is 4.74 Å². The Morgan fingerprint density at radius 2 is 2.00 bits per heavy atom. The Labute approximate surface area is 117 Å². The first-order chi connectivity index (χ1) is 9.61. The molecule has 0 aliphatic rings. The van der Waals surface area contributed by atoms with Crippen LogP contribution in [0.3, 0.4) is 0 Å². The van der Waals surface area contributed by atoms with Gasteiger partial charge in [-0.3, -0.25) is 4.79 Å². The fourth-order valence-corrected chi connectivity index (χ4v) is 1.91. The molecule has 0 fully saturated rings. The fourth-order valence-electron chi connectivity index (χ4n) is 1.91. The first-order valence-corrected chi connectivity index (χ1v) is 6.28. The van der Waals surface area contributed by atoms with Crippen LogP contribution in [0.5, 0.6) is 5.75 Å². The highest BCUT2D eigenvalue weighted by atomic mass is 19.1. The summed E-state index contributed by atoms with van der Waals surface area (Å²) >= 11 is 0. The molecule has 0 aliphatic carbocycles. The second-order valence-corrected chi connectivity index (χ2v) is 4.48. The van der Waals surface area contributed by atoms with Crippen LogP contribution in [0.25, 0.3) is 0 Å². The molecule has 0 saturated carbocycles. The van der Waals surface area contributed by atoms with Gasteiger partial charge >= 0.3 is 0 Å². The van der Waals surface area contributed by atoms with Crippen molar-refractivity contribution >= 4 is 5.91 Å². The molecule has 1 amide bonds. The maximum Gasteiger partial charge on any atom is 0.255 e. The highest BCUT2D eigenvalue weighted by Crippen LogP contribution is 2.19. The summed E-state index contributed by atoms with van der Waals surface area (Å²) < 4.78 is 18.6. The maximum absolute atomic E-state index is 13.5.